The number of aryl methyl sites for hydroxylation is 1. The number of amides is 2. The lowest BCUT2D eigenvalue weighted by molar-refractivity contribution is -0.124. The maximum Gasteiger partial charge on any atom is 0.263 e. The number of nitrogens with zero attached hydrogens (tertiary/aromatic N) is 3. The van der Waals surface area contributed by atoms with Gasteiger partial charge in [-0.15, -0.1) is 0 Å². The fraction of sp³-hybridized carbons (Fsp3) is 0.120. The van der Waals surface area contributed by atoms with E-state index in [-0.39, 0.29) is 17.6 Å². The Morgan fingerprint density at radius 2 is 1.85 bits per heavy atom. The molecule has 5 rings (SSSR count). The molecule has 0 aromatic heterocycles. The summed E-state index contributed by atoms with van der Waals surface area (Å²) in [6.07, 6.45) is 0. The maximum absolute atomic E-state index is 13.4. The lowest BCUT2D eigenvalue weighted by Crippen LogP contribution is -2.40. The molecule has 0 bridgehead atoms. The van der Waals surface area contributed by atoms with Crippen molar-refractivity contribution in [2.24, 2.45) is 9.98 Å². The molecule has 2 heterocycles. The molecule has 0 radical (unpaired) electrons. The molecule has 2 amide bonds. The van der Waals surface area contributed by atoms with Gasteiger partial charge in [0.15, 0.2) is 11.2 Å². The summed E-state index contributed by atoms with van der Waals surface area (Å²) in [5.41, 5.74) is 3.92. The Hall–Kier alpha value is -3.42. The molecule has 2 aliphatic rings. The van der Waals surface area contributed by atoms with E-state index in [1.165, 1.54) is 16.7 Å². The number of fused-ring (bicyclic) bond motifs is 3. The SMILES string of the molecule is Cc1ccc(Cl)cc1NC(=O)CSC1=Nc2ccccc2C2=N[C@@H](c3ccccc3)C(=O)N12. The summed E-state index contributed by atoms with van der Waals surface area (Å²) in [7, 11) is 0. The zero-order valence-electron chi connectivity index (χ0n) is 17.7. The third kappa shape index (κ3) is 4.17. The van der Waals surface area contributed by atoms with Gasteiger partial charge in [0.05, 0.1) is 11.4 Å². The van der Waals surface area contributed by atoms with E-state index >= 15 is 0 Å². The molecule has 3 aromatic rings. The Kier molecular flexibility index (Phi) is 5.74. The van der Waals surface area contributed by atoms with E-state index in [1.807, 2.05) is 67.6 Å². The van der Waals surface area contributed by atoms with Gasteiger partial charge in [-0.3, -0.25) is 9.59 Å². The molecule has 6 nitrogen and oxygen atoms in total. The third-order valence-electron chi connectivity index (χ3n) is 5.39. The monoisotopic (exact) mass is 474 g/mol. The second-order valence-electron chi connectivity index (χ2n) is 7.65. The van der Waals surface area contributed by atoms with Crippen molar-refractivity contribution in [2.45, 2.75) is 13.0 Å². The second-order valence-corrected chi connectivity index (χ2v) is 9.03. The van der Waals surface area contributed by atoms with Crippen molar-refractivity contribution in [2.75, 3.05) is 11.1 Å². The van der Waals surface area contributed by atoms with Gasteiger partial charge in [0.2, 0.25) is 5.91 Å². The van der Waals surface area contributed by atoms with Gasteiger partial charge >= 0.3 is 0 Å². The van der Waals surface area contributed by atoms with Crippen molar-refractivity contribution in [1.82, 2.24) is 4.90 Å². The van der Waals surface area contributed by atoms with Gasteiger partial charge in [0.1, 0.15) is 5.84 Å². The van der Waals surface area contributed by atoms with Gasteiger partial charge in [0.25, 0.3) is 5.91 Å². The second kappa shape index (κ2) is 8.84. The van der Waals surface area contributed by atoms with Crippen LogP contribution in [0.15, 0.2) is 82.8 Å². The van der Waals surface area contributed by atoms with Crippen LogP contribution < -0.4 is 5.32 Å². The van der Waals surface area contributed by atoms with E-state index in [2.05, 4.69) is 10.3 Å². The maximum atomic E-state index is 13.4. The number of carbonyl (C=O) groups excluding carboxylic acids is 2. The number of halogens is 1. The minimum Gasteiger partial charge on any atom is -0.325 e. The topological polar surface area (TPSA) is 74.1 Å². The molecule has 2 aliphatic heterocycles. The minimum absolute atomic E-state index is 0.0834. The van der Waals surface area contributed by atoms with Crippen molar-refractivity contribution in [3.05, 3.63) is 94.5 Å². The molecule has 0 saturated carbocycles. The number of anilines is 1. The highest BCUT2D eigenvalue weighted by Gasteiger charge is 2.42. The lowest BCUT2D eigenvalue weighted by Gasteiger charge is -2.25. The molecule has 0 saturated heterocycles. The molecule has 33 heavy (non-hydrogen) atoms. The van der Waals surface area contributed by atoms with Crippen LogP contribution in [0.25, 0.3) is 0 Å². The van der Waals surface area contributed by atoms with Crippen molar-refractivity contribution >= 4 is 57.6 Å². The smallest absolute Gasteiger partial charge is 0.263 e. The first kappa shape index (κ1) is 21.4. The molecule has 0 aliphatic carbocycles. The van der Waals surface area contributed by atoms with Crippen molar-refractivity contribution in [1.29, 1.82) is 0 Å². The van der Waals surface area contributed by atoms with Gasteiger partial charge < -0.3 is 5.32 Å². The molecule has 1 N–H and O–H groups in total. The van der Waals surface area contributed by atoms with Gasteiger partial charge in [-0.05, 0) is 42.3 Å². The Labute approximate surface area is 200 Å². The Bertz CT molecular complexity index is 1320. The largest absolute Gasteiger partial charge is 0.325 e. The summed E-state index contributed by atoms with van der Waals surface area (Å²) in [5.74, 6) is 0.257. The average Bonchev–Trinajstić information content (AvgIpc) is 3.18. The molecule has 3 aromatic carbocycles. The number of hydrogen-bond acceptors (Lipinski definition) is 5. The van der Waals surface area contributed by atoms with Gasteiger partial charge in [-0.25, -0.2) is 14.9 Å². The predicted molar refractivity (Wildman–Crippen MR) is 133 cm³/mol. The van der Waals surface area contributed by atoms with Crippen LogP contribution in [0.4, 0.5) is 11.4 Å². The summed E-state index contributed by atoms with van der Waals surface area (Å²) >= 11 is 7.26. The molecular weight excluding hydrogens is 456 g/mol. The van der Waals surface area contributed by atoms with E-state index < -0.39 is 6.04 Å². The fourth-order valence-electron chi connectivity index (χ4n) is 3.74. The number of nitrogens with one attached hydrogen (secondary N) is 1. The summed E-state index contributed by atoms with van der Waals surface area (Å²) in [6.45, 7) is 1.90. The summed E-state index contributed by atoms with van der Waals surface area (Å²) < 4.78 is 0. The summed E-state index contributed by atoms with van der Waals surface area (Å²) in [6, 6.07) is 21.7. The molecule has 8 heteroatoms. The number of para-hydroxylation sites is 1. The predicted octanol–water partition coefficient (Wildman–Crippen LogP) is 5.35. The third-order valence-corrected chi connectivity index (χ3v) is 6.56. The van der Waals surface area contributed by atoms with Gasteiger partial charge in [0, 0.05) is 16.3 Å². The van der Waals surface area contributed by atoms with E-state index in [9.17, 15) is 9.59 Å². The molecule has 1 atom stereocenters. The first-order chi connectivity index (χ1) is 16.0. The van der Waals surface area contributed by atoms with Crippen molar-refractivity contribution < 1.29 is 9.59 Å². The number of amidine groups is 2. The average molecular weight is 475 g/mol. The van der Waals surface area contributed by atoms with E-state index in [0.717, 1.165) is 22.4 Å². The first-order valence-corrected chi connectivity index (χ1v) is 11.7. The number of hydrogen-bond donors (Lipinski definition) is 1. The minimum atomic E-state index is -0.638. The Morgan fingerprint density at radius 1 is 1.09 bits per heavy atom. The number of carbonyl (C=O) groups is 2. The Morgan fingerprint density at radius 3 is 2.67 bits per heavy atom. The number of benzene rings is 3. The van der Waals surface area contributed by atoms with E-state index in [4.69, 9.17) is 16.6 Å². The van der Waals surface area contributed by atoms with Crippen LogP contribution in [0.3, 0.4) is 0 Å². The van der Waals surface area contributed by atoms with Crippen molar-refractivity contribution in [3.8, 4) is 0 Å². The van der Waals surface area contributed by atoms with Crippen LogP contribution in [0, 0.1) is 6.92 Å². The zero-order valence-corrected chi connectivity index (χ0v) is 19.2. The molecular formula is C25H19ClN4O2S. The number of aliphatic imine (C=N–C) groups is 2. The van der Waals surface area contributed by atoms with Crippen LogP contribution >= 0.6 is 23.4 Å². The molecule has 0 spiro atoms. The van der Waals surface area contributed by atoms with Crippen LogP contribution in [-0.4, -0.2) is 33.5 Å². The first-order valence-electron chi connectivity index (χ1n) is 10.3. The van der Waals surface area contributed by atoms with E-state index in [1.54, 1.807) is 12.1 Å². The number of thioether (sulfide) groups is 1. The molecule has 0 fully saturated rings. The highest BCUT2D eigenvalue weighted by Crippen LogP contribution is 2.37. The fourth-order valence-corrected chi connectivity index (χ4v) is 4.72. The highest BCUT2D eigenvalue weighted by atomic mass is 35.5. The van der Waals surface area contributed by atoms with Crippen molar-refractivity contribution in [3.63, 3.8) is 0 Å². The van der Waals surface area contributed by atoms with Gasteiger partial charge in [-0.2, -0.15) is 0 Å². The standard InChI is InChI=1S/C25H19ClN4O2S/c1-15-11-12-17(26)13-20(15)27-21(31)14-33-25-28-19-10-6-5-9-18(19)23-29-22(24(32)30(23)25)16-7-3-2-4-8-16/h2-13,22H,14H2,1H3,(H,27,31)/t22-/m0/s1. The number of rotatable bonds is 4. The van der Waals surface area contributed by atoms with Crippen LogP contribution in [0.1, 0.15) is 22.7 Å². The quantitative estimate of drug-likeness (QED) is 0.553. The zero-order chi connectivity index (χ0) is 22.9. The summed E-state index contributed by atoms with van der Waals surface area (Å²) in [4.78, 5) is 37.0. The van der Waals surface area contributed by atoms with Crippen LogP contribution in [-0.2, 0) is 9.59 Å². The Balaban J connectivity index is 1.40. The van der Waals surface area contributed by atoms with Crippen LogP contribution in [0.2, 0.25) is 5.02 Å². The molecule has 164 valence electrons. The van der Waals surface area contributed by atoms with Gasteiger partial charge in [-0.1, -0.05) is 71.9 Å². The normalized spacial score (nSPS) is 16.6. The highest BCUT2D eigenvalue weighted by molar-refractivity contribution is 8.14. The van der Waals surface area contributed by atoms with Crippen LogP contribution in [0.5, 0.6) is 0 Å². The molecule has 0 unspecified atom stereocenters. The van der Waals surface area contributed by atoms with E-state index in [0.29, 0.717) is 21.7 Å². The lowest BCUT2D eigenvalue weighted by atomic mass is 10.1. The summed E-state index contributed by atoms with van der Waals surface area (Å²) in [5, 5.41) is 3.87.